The van der Waals surface area contributed by atoms with Gasteiger partial charge in [-0.25, -0.2) is 4.79 Å². The van der Waals surface area contributed by atoms with Crippen LogP contribution in [-0.2, 0) is 4.74 Å². The van der Waals surface area contributed by atoms with Crippen LogP contribution in [0, 0.1) is 6.92 Å². The molecule has 0 saturated heterocycles. The molecule has 0 aliphatic heterocycles. The average molecular weight is 226 g/mol. The lowest BCUT2D eigenvalue weighted by molar-refractivity contribution is 0.0521. The first-order valence-corrected chi connectivity index (χ1v) is 4.79. The van der Waals surface area contributed by atoms with Crippen molar-refractivity contribution in [1.29, 1.82) is 0 Å². The summed E-state index contributed by atoms with van der Waals surface area (Å²) in [6.45, 7) is 3.36. The summed E-state index contributed by atoms with van der Waals surface area (Å²) >= 11 is 0. The minimum atomic E-state index is -0.671. The Balaban J connectivity index is 3.30. The molecular weight excluding hydrogens is 212 g/mol. The number of esters is 1. The summed E-state index contributed by atoms with van der Waals surface area (Å²) in [5, 5.41) is 19.3. The number of methoxy groups -OCH3 is 1. The fourth-order valence-corrected chi connectivity index (χ4v) is 1.38. The van der Waals surface area contributed by atoms with Crippen LogP contribution in [0.1, 0.15) is 22.8 Å². The molecule has 0 spiro atoms. The van der Waals surface area contributed by atoms with Crippen molar-refractivity contribution in [3.05, 3.63) is 17.2 Å². The maximum absolute atomic E-state index is 11.5. The Morgan fingerprint density at radius 3 is 2.56 bits per heavy atom. The third-order valence-electron chi connectivity index (χ3n) is 2.19. The summed E-state index contributed by atoms with van der Waals surface area (Å²) in [6, 6.07) is 1.18. The molecule has 2 N–H and O–H groups in total. The summed E-state index contributed by atoms with van der Waals surface area (Å²) in [5.74, 6) is -1.01. The normalized spacial score (nSPS) is 9.94. The van der Waals surface area contributed by atoms with Gasteiger partial charge < -0.3 is 19.7 Å². The Labute approximate surface area is 93.2 Å². The number of aromatic hydroxyl groups is 2. The lowest BCUT2D eigenvalue weighted by atomic mass is 10.1. The first-order chi connectivity index (χ1) is 7.52. The van der Waals surface area contributed by atoms with Crippen molar-refractivity contribution in [2.24, 2.45) is 0 Å². The van der Waals surface area contributed by atoms with Crippen molar-refractivity contribution in [3.63, 3.8) is 0 Å². The van der Waals surface area contributed by atoms with E-state index in [0.29, 0.717) is 0 Å². The van der Waals surface area contributed by atoms with Gasteiger partial charge in [0.1, 0.15) is 11.3 Å². The van der Waals surface area contributed by atoms with Gasteiger partial charge in [-0.15, -0.1) is 0 Å². The van der Waals surface area contributed by atoms with Crippen LogP contribution in [0.3, 0.4) is 0 Å². The molecule has 1 aromatic carbocycles. The topological polar surface area (TPSA) is 76.0 Å². The number of hydrogen-bond donors (Lipinski definition) is 2. The van der Waals surface area contributed by atoms with Crippen LogP contribution in [-0.4, -0.2) is 29.9 Å². The van der Waals surface area contributed by atoms with E-state index in [-0.39, 0.29) is 35.0 Å². The largest absolute Gasteiger partial charge is 0.507 e. The zero-order valence-corrected chi connectivity index (χ0v) is 9.40. The first-order valence-electron chi connectivity index (χ1n) is 4.79. The maximum atomic E-state index is 11.5. The van der Waals surface area contributed by atoms with E-state index < -0.39 is 5.97 Å². The van der Waals surface area contributed by atoms with E-state index in [4.69, 9.17) is 9.47 Å². The molecule has 0 aliphatic carbocycles. The third-order valence-corrected chi connectivity index (χ3v) is 2.19. The van der Waals surface area contributed by atoms with Crippen LogP contribution >= 0.6 is 0 Å². The molecule has 1 rings (SSSR count). The molecule has 88 valence electrons. The zero-order valence-electron chi connectivity index (χ0n) is 9.40. The Morgan fingerprint density at radius 2 is 2.06 bits per heavy atom. The highest BCUT2D eigenvalue weighted by molar-refractivity contribution is 5.95. The number of carbonyl (C=O) groups excluding carboxylic acids is 1. The third kappa shape index (κ3) is 2.03. The lowest BCUT2D eigenvalue weighted by Crippen LogP contribution is -2.07. The van der Waals surface area contributed by atoms with E-state index in [2.05, 4.69) is 0 Å². The van der Waals surface area contributed by atoms with E-state index in [9.17, 15) is 15.0 Å². The summed E-state index contributed by atoms with van der Waals surface area (Å²) in [6.07, 6.45) is 0. The molecule has 0 atom stereocenters. The molecule has 0 fully saturated rings. The second-order valence-electron chi connectivity index (χ2n) is 3.17. The van der Waals surface area contributed by atoms with Gasteiger partial charge in [0.05, 0.1) is 13.7 Å². The van der Waals surface area contributed by atoms with E-state index in [1.807, 2.05) is 0 Å². The number of rotatable bonds is 3. The van der Waals surface area contributed by atoms with Crippen molar-refractivity contribution in [1.82, 2.24) is 0 Å². The zero-order chi connectivity index (χ0) is 12.3. The van der Waals surface area contributed by atoms with Crippen LogP contribution in [0.5, 0.6) is 17.2 Å². The molecule has 0 aliphatic rings. The minimum Gasteiger partial charge on any atom is -0.507 e. The molecule has 0 amide bonds. The molecule has 16 heavy (non-hydrogen) atoms. The Hall–Kier alpha value is -1.91. The molecule has 0 saturated carbocycles. The van der Waals surface area contributed by atoms with Crippen molar-refractivity contribution in [2.75, 3.05) is 13.7 Å². The van der Waals surface area contributed by atoms with Crippen LogP contribution in [0.4, 0.5) is 0 Å². The fourth-order valence-electron chi connectivity index (χ4n) is 1.38. The molecule has 0 heterocycles. The second kappa shape index (κ2) is 4.74. The molecule has 0 unspecified atom stereocenters. The number of phenols is 2. The van der Waals surface area contributed by atoms with Crippen LogP contribution in [0.25, 0.3) is 0 Å². The van der Waals surface area contributed by atoms with Crippen LogP contribution in [0.2, 0.25) is 0 Å². The summed E-state index contributed by atoms with van der Waals surface area (Å²) in [4.78, 5) is 11.5. The molecule has 1 aromatic rings. The number of hydrogen-bond acceptors (Lipinski definition) is 5. The Bertz CT molecular complexity index is 411. The fraction of sp³-hybridized carbons (Fsp3) is 0.364. The second-order valence-corrected chi connectivity index (χ2v) is 3.17. The highest BCUT2D eigenvalue weighted by Crippen LogP contribution is 2.37. The molecule has 5 heteroatoms. The van der Waals surface area contributed by atoms with Gasteiger partial charge in [0.25, 0.3) is 0 Å². The van der Waals surface area contributed by atoms with Crippen molar-refractivity contribution in [2.45, 2.75) is 13.8 Å². The van der Waals surface area contributed by atoms with Gasteiger partial charge in [-0.1, -0.05) is 0 Å². The predicted octanol–water partition coefficient (Wildman–Crippen LogP) is 1.59. The highest BCUT2D eigenvalue weighted by atomic mass is 16.5. The number of carbonyl (C=O) groups is 1. The maximum Gasteiger partial charge on any atom is 0.342 e. The molecular formula is C11H14O5. The van der Waals surface area contributed by atoms with E-state index >= 15 is 0 Å². The monoisotopic (exact) mass is 226 g/mol. The van der Waals surface area contributed by atoms with Gasteiger partial charge in [-0.3, -0.25) is 0 Å². The Morgan fingerprint density at radius 1 is 1.44 bits per heavy atom. The van der Waals surface area contributed by atoms with Crippen molar-refractivity contribution in [3.8, 4) is 17.2 Å². The number of ether oxygens (including phenoxy) is 2. The Kier molecular flexibility index (Phi) is 3.60. The highest BCUT2D eigenvalue weighted by Gasteiger charge is 2.21. The predicted molar refractivity (Wildman–Crippen MR) is 57.0 cm³/mol. The summed E-state index contributed by atoms with van der Waals surface area (Å²) in [7, 11) is 1.36. The van der Waals surface area contributed by atoms with Gasteiger partial charge in [-0.2, -0.15) is 0 Å². The molecule has 0 bridgehead atoms. The van der Waals surface area contributed by atoms with Crippen LogP contribution in [0.15, 0.2) is 6.07 Å². The van der Waals surface area contributed by atoms with Crippen molar-refractivity contribution >= 4 is 5.97 Å². The first kappa shape index (κ1) is 12.2. The minimum absolute atomic E-state index is 0.0415. The molecule has 5 nitrogen and oxygen atoms in total. The van der Waals surface area contributed by atoms with Gasteiger partial charge in [0.2, 0.25) is 0 Å². The van der Waals surface area contributed by atoms with E-state index in [1.54, 1.807) is 6.92 Å². The smallest absolute Gasteiger partial charge is 0.342 e. The lowest BCUT2D eigenvalue weighted by Gasteiger charge is -2.12. The van der Waals surface area contributed by atoms with Crippen LogP contribution < -0.4 is 4.74 Å². The quantitative estimate of drug-likeness (QED) is 0.604. The van der Waals surface area contributed by atoms with Gasteiger partial charge >= 0.3 is 5.97 Å². The van der Waals surface area contributed by atoms with E-state index in [1.165, 1.54) is 20.1 Å². The van der Waals surface area contributed by atoms with E-state index in [0.717, 1.165) is 0 Å². The molecule has 0 radical (unpaired) electrons. The molecule has 0 aromatic heterocycles. The summed E-state index contributed by atoms with van der Waals surface area (Å²) < 4.78 is 9.61. The SMILES string of the molecule is CCOC(=O)c1c(O)cc(OC)c(O)c1C. The number of benzene rings is 1. The van der Waals surface area contributed by atoms with Gasteiger partial charge in [0.15, 0.2) is 11.5 Å². The van der Waals surface area contributed by atoms with Gasteiger partial charge in [-0.05, 0) is 13.8 Å². The number of phenolic OH excluding ortho intramolecular Hbond substituents is 2. The average Bonchev–Trinajstić information content (AvgIpc) is 2.24. The van der Waals surface area contributed by atoms with Crippen molar-refractivity contribution < 1.29 is 24.5 Å². The summed E-state index contributed by atoms with van der Waals surface area (Å²) in [5.41, 5.74) is 0.190. The standard InChI is InChI=1S/C11H14O5/c1-4-16-11(14)9-6(2)10(13)8(15-3)5-7(9)12/h5,12-13H,4H2,1-3H3. The van der Waals surface area contributed by atoms with Gasteiger partial charge in [0, 0.05) is 11.6 Å².